The summed E-state index contributed by atoms with van der Waals surface area (Å²) < 4.78 is 5.05. The van der Waals surface area contributed by atoms with Crippen LogP contribution in [0.2, 0.25) is 0 Å². The Morgan fingerprint density at radius 2 is 2.17 bits per heavy atom. The fourth-order valence-electron chi connectivity index (χ4n) is 2.54. The second-order valence-electron chi connectivity index (χ2n) is 6.24. The Morgan fingerprint density at radius 3 is 2.71 bits per heavy atom. The first-order valence-electron chi connectivity index (χ1n) is 7.40. The molecule has 0 aliphatic rings. The summed E-state index contributed by atoms with van der Waals surface area (Å²) in [4.78, 5) is 16.7. The van der Waals surface area contributed by atoms with Gasteiger partial charge >= 0.3 is 0 Å². The highest BCUT2D eigenvalue weighted by Gasteiger charge is 2.26. The molecule has 2 aromatic heterocycles. The van der Waals surface area contributed by atoms with Crippen molar-refractivity contribution in [3.8, 4) is 10.6 Å². The van der Waals surface area contributed by atoms with Gasteiger partial charge < -0.3 is 15.5 Å². The fraction of sp³-hybridized carbons (Fsp3) is 0.500. The number of hydrogen-bond donors (Lipinski definition) is 2. The van der Waals surface area contributed by atoms with Crippen molar-refractivity contribution in [2.45, 2.75) is 39.2 Å². The standard InChI is InChI=1S/C16H23N3O2S.2ClH/c1-11(2)7-16(3,10-17)19-14(20)6-13-9-22-15(18-13)12-4-5-21-8-12;;/h4-5,8-9,11H,6-7,10,17H2,1-3H3,(H,19,20);2*1H. The van der Waals surface area contributed by atoms with Crippen molar-refractivity contribution >= 4 is 42.1 Å². The van der Waals surface area contributed by atoms with Crippen LogP contribution in [0, 0.1) is 5.92 Å². The molecule has 2 aromatic rings. The first kappa shape index (κ1) is 22.9. The Morgan fingerprint density at radius 1 is 1.46 bits per heavy atom. The molecule has 1 unspecified atom stereocenters. The monoisotopic (exact) mass is 393 g/mol. The van der Waals surface area contributed by atoms with Gasteiger partial charge in [-0.25, -0.2) is 4.98 Å². The molecule has 0 saturated carbocycles. The van der Waals surface area contributed by atoms with Gasteiger partial charge in [-0.2, -0.15) is 0 Å². The average Bonchev–Trinajstić information content (AvgIpc) is 3.07. The number of hydrogen-bond acceptors (Lipinski definition) is 5. The number of nitrogens with one attached hydrogen (secondary N) is 1. The molecule has 0 bridgehead atoms. The van der Waals surface area contributed by atoms with Gasteiger partial charge in [0.25, 0.3) is 0 Å². The number of aromatic nitrogens is 1. The molecule has 0 aromatic carbocycles. The molecule has 5 nitrogen and oxygen atoms in total. The molecule has 1 atom stereocenters. The molecular formula is C16H25Cl2N3O2S. The van der Waals surface area contributed by atoms with Gasteiger partial charge in [-0.3, -0.25) is 4.79 Å². The van der Waals surface area contributed by atoms with Crippen LogP contribution in [-0.4, -0.2) is 23.0 Å². The van der Waals surface area contributed by atoms with Gasteiger partial charge in [0.2, 0.25) is 5.91 Å². The first-order valence-corrected chi connectivity index (χ1v) is 8.28. The predicted octanol–water partition coefficient (Wildman–Crippen LogP) is 3.67. The quantitative estimate of drug-likeness (QED) is 0.751. The molecule has 1 amide bonds. The van der Waals surface area contributed by atoms with Crippen LogP contribution in [0.25, 0.3) is 10.6 Å². The van der Waals surface area contributed by atoms with Crippen LogP contribution in [0.5, 0.6) is 0 Å². The van der Waals surface area contributed by atoms with Crippen molar-refractivity contribution in [2.75, 3.05) is 6.54 Å². The zero-order valence-electron chi connectivity index (χ0n) is 14.1. The normalized spacial score (nSPS) is 12.9. The molecule has 8 heteroatoms. The number of nitrogens with zero attached hydrogens (tertiary/aromatic N) is 1. The lowest BCUT2D eigenvalue weighted by Crippen LogP contribution is -2.52. The predicted molar refractivity (Wildman–Crippen MR) is 103 cm³/mol. The number of thiazole rings is 1. The largest absolute Gasteiger partial charge is 0.472 e. The first-order chi connectivity index (χ1) is 10.4. The molecule has 3 N–H and O–H groups in total. The van der Waals surface area contributed by atoms with Gasteiger partial charge in [-0.15, -0.1) is 36.2 Å². The minimum atomic E-state index is -0.366. The molecule has 2 heterocycles. The van der Waals surface area contributed by atoms with Gasteiger partial charge in [0, 0.05) is 23.0 Å². The summed E-state index contributed by atoms with van der Waals surface area (Å²) in [6.07, 6.45) is 4.38. The lowest BCUT2D eigenvalue weighted by molar-refractivity contribution is -0.122. The number of furan rings is 1. The molecule has 136 valence electrons. The number of nitrogens with two attached hydrogens (primary N) is 1. The number of carbonyl (C=O) groups excluding carboxylic acids is 1. The van der Waals surface area contributed by atoms with E-state index in [2.05, 4.69) is 24.1 Å². The maximum Gasteiger partial charge on any atom is 0.226 e. The molecule has 0 aliphatic heterocycles. The van der Waals surface area contributed by atoms with Crippen molar-refractivity contribution in [1.29, 1.82) is 0 Å². The van der Waals surface area contributed by atoms with Gasteiger partial charge in [0.05, 0.1) is 18.4 Å². The topological polar surface area (TPSA) is 81.1 Å². The second kappa shape index (κ2) is 10.0. The van der Waals surface area contributed by atoms with Crippen LogP contribution in [0.4, 0.5) is 0 Å². The van der Waals surface area contributed by atoms with Crippen LogP contribution in [-0.2, 0) is 11.2 Å². The molecule has 0 saturated heterocycles. The number of halogens is 2. The molecule has 0 spiro atoms. The van der Waals surface area contributed by atoms with Crippen molar-refractivity contribution in [3.05, 3.63) is 29.7 Å². The van der Waals surface area contributed by atoms with Gasteiger partial charge in [-0.1, -0.05) is 13.8 Å². The van der Waals surface area contributed by atoms with Crippen molar-refractivity contribution in [2.24, 2.45) is 11.7 Å². The van der Waals surface area contributed by atoms with E-state index in [9.17, 15) is 4.79 Å². The number of rotatable bonds is 7. The Balaban J connectivity index is 0.00000264. The summed E-state index contributed by atoms with van der Waals surface area (Å²) >= 11 is 1.51. The maximum atomic E-state index is 12.2. The van der Waals surface area contributed by atoms with E-state index in [1.165, 1.54) is 11.3 Å². The molecule has 24 heavy (non-hydrogen) atoms. The van der Waals surface area contributed by atoms with E-state index in [0.717, 1.165) is 22.7 Å². The van der Waals surface area contributed by atoms with E-state index in [1.807, 2.05) is 18.4 Å². The summed E-state index contributed by atoms with van der Waals surface area (Å²) in [5.74, 6) is 0.429. The van der Waals surface area contributed by atoms with Crippen LogP contribution in [0.15, 0.2) is 28.4 Å². The molecule has 0 fully saturated rings. The van der Waals surface area contributed by atoms with Gasteiger partial charge in [0.1, 0.15) is 11.3 Å². The second-order valence-corrected chi connectivity index (χ2v) is 7.10. The molecular weight excluding hydrogens is 369 g/mol. The highest BCUT2D eigenvalue weighted by molar-refractivity contribution is 7.13. The molecule has 2 rings (SSSR count). The maximum absolute atomic E-state index is 12.2. The zero-order chi connectivity index (χ0) is 16.2. The minimum absolute atomic E-state index is 0. The molecule has 0 radical (unpaired) electrons. The van der Waals surface area contributed by atoms with E-state index >= 15 is 0 Å². The third-order valence-electron chi connectivity index (χ3n) is 3.41. The van der Waals surface area contributed by atoms with Crippen LogP contribution >= 0.6 is 36.2 Å². The van der Waals surface area contributed by atoms with Crippen molar-refractivity contribution < 1.29 is 9.21 Å². The zero-order valence-corrected chi connectivity index (χ0v) is 16.5. The SMILES string of the molecule is CC(C)CC(C)(CN)NC(=O)Cc1csc(-c2ccoc2)n1.Cl.Cl. The van der Waals surface area contributed by atoms with Crippen molar-refractivity contribution in [1.82, 2.24) is 10.3 Å². The summed E-state index contributed by atoms with van der Waals surface area (Å²) in [5, 5.41) is 5.82. The summed E-state index contributed by atoms with van der Waals surface area (Å²) in [6.45, 7) is 6.66. The summed E-state index contributed by atoms with van der Waals surface area (Å²) in [6, 6.07) is 1.86. The average molecular weight is 394 g/mol. The Labute approximate surface area is 159 Å². The van der Waals surface area contributed by atoms with Crippen molar-refractivity contribution in [3.63, 3.8) is 0 Å². The Hall–Kier alpha value is -1.08. The lowest BCUT2D eigenvalue weighted by Gasteiger charge is -2.31. The fourth-order valence-corrected chi connectivity index (χ4v) is 3.34. The molecule has 0 aliphatic carbocycles. The smallest absolute Gasteiger partial charge is 0.226 e. The van der Waals surface area contributed by atoms with Gasteiger partial charge in [-0.05, 0) is 25.3 Å². The third kappa shape index (κ3) is 6.43. The van der Waals surface area contributed by atoms with E-state index in [0.29, 0.717) is 12.5 Å². The van der Waals surface area contributed by atoms with E-state index < -0.39 is 0 Å². The van der Waals surface area contributed by atoms with E-state index in [1.54, 1.807) is 12.5 Å². The third-order valence-corrected chi connectivity index (χ3v) is 4.35. The minimum Gasteiger partial charge on any atom is -0.472 e. The highest BCUT2D eigenvalue weighted by atomic mass is 35.5. The summed E-state index contributed by atoms with van der Waals surface area (Å²) in [7, 11) is 0. The van der Waals surface area contributed by atoms with Crippen LogP contribution < -0.4 is 11.1 Å². The number of amides is 1. The lowest BCUT2D eigenvalue weighted by atomic mass is 9.90. The van der Waals surface area contributed by atoms with Crippen LogP contribution in [0.3, 0.4) is 0 Å². The van der Waals surface area contributed by atoms with Crippen LogP contribution in [0.1, 0.15) is 32.9 Å². The van der Waals surface area contributed by atoms with E-state index in [-0.39, 0.29) is 42.7 Å². The van der Waals surface area contributed by atoms with E-state index in [4.69, 9.17) is 10.2 Å². The highest BCUT2D eigenvalue weighted by Crippen LogP contribution is 2.24. The number of carbonyl (C=O) groups is 1. The van der Waals surface area contributed by atoms with Gasteiger partial charge in [0.15, 0.2) is 0 Å². The Bertz CT molecular complexity index is 617. The Kier molecular flexibility index (Phi) is 9.58. The summed E-state index contributed by atoms with van der Waals surface area (Å²) in [5.41, 5.74) is 7.16.